The molecule has 0 fully saturated rings. The Bertz CT molecular complexity index is 847. The van der Waals surface area contributed by atoms with Crippen LogP contribution in [0.15, 0.2) is 36.4 Å². The molecule has 1 unspecified atom stereocenters. The smallest absolute Gasteiger partial charge is 0.387 e. The monoisotopic (exact) mass is 411 g/mol. The Kier molecular flexibility index (Phi) is 6.57. The fraction of sp³-hybridized carbons (Fsp3) is 0.350. The number of hydrogen-bond donors (Lipinski definition) is 1. The lowest BCUT2D eigenvalue weighted by atomic mass is 10.1. The third-order valence-electron chi connectivity index (χ3n) is 4.19. The molecule has 0 saturated heterocycles. The van der Waals surface area contributed by atoms with Gasteiger partial charge in [-0.25, -0.2) is 0 Å². The van der Waals surface area contributed by atoms with E-state index in [-0.39, 0.29) is 24.1 Å². The van der Waals surface area contributed by atoms with Crippen LogP contribution in [0.2, 0.25) is 5.02 Å². The number of alkyl halides is 2. The Hall–Kier alpha value is -2.54. The van der Waals surface area contributed by atoms with E-state index in [1.807, 2.05) is 0 Å². The lowest BCUT2D eigenvalue weighted by molar-refractivity contribution is -0.121. The third kappa shape index (κ3) is 5.25. The van der Waals surface area contributed by atoms with Crippen LogP contribution < -0.4 is 19.5 Å². The van der Waals surface area contributed by atoms with Gasteiger partial charge in [-0.2, -0.15) is 8.78 Å². The van der Waals surface area contributed by atoms with Crippen molar-refractivity contribution in [2.75, 3.05) is 13.2 Å². The zero-order valence-corrected chi connectivity index (χ0v) is 16.0. The number of rotatable bonds is 6. The highest BCUT2D eigenvalue weighted by atomic mass is 35.5. The topological polar surface area (TPSA) is 56.8 Å². The molecule has 1 heterocycles. The highest BCUT2D eigenvalue weighted by Gasteiger charge is 2.18. The first kappa shape index (κ1) is 20.2. The summed E-state index contributed by atoms with van der Waals surface area (Å²) < 4.78 is 40.3. The van der Waals surface area contributed by atoms with Gasteiger partial charge in [-0.1, -0.05) is 23.7 Å². The third-order valence-corrected chi connectivity index (χ3v) is 4.47. The van der Waals surface area contributed by atoms with Crippen molar-refractivity contribution in [3.63, 3.8) is 0 Å². The van der Waals surface area contributed by atoms with Crippen LogP contribution in [-0.2, 0) is 11.2 Å². The van der Waals surface area contributed by atoms with Crippen molar-refractivity contribution in [2.45, 2.75) is 32.4 Å². The molecule has 3 rings (SSSR count). The second-order valence-electron chi connectivity index (χ2n) is 6.37. The van der Waals surface area contributed by atoms with Gasteiger partial charge in [-0.15, -0.1) is 0 Å². The van der Waals surface area contributed by atoms with Gasteiger partial charge >= 0.3 is 6.61 Å². The average molecular weight is 412 g/mol. The van der Waals surface area contributed by atoms with E-state index in [0.29, 0.717) is 40.9 Å². The minimum atomic E-state index is -2.90. The van der Waals surface area contributed by atoms with E-state index >= 15 is 0 Å². The normalized spacial score (nSPS) is 14.3. The maximum absolute atomic E-state index is 12.4. The maximum Gasteiger partial charge on any atom is 0.387 e. The molecule has 0 saturated carbocycles. The van der Waals surface area contributed by atoms with Gasteiger partial charge < -0.3 is 19.5 Å². The summed E-state index contributed by atoms with van der Waals surface area (Å²) in [4.78, 5) is 12.4. The van der Waals surface area contributed by atoms with Crippen LogP contribution in [0.4, 0.5) is 8.78 Å². The summed E-state index contributed by atoms with van der Waals surface area (Å²) in [5.41, 5.74) is 1.34. The molecule has 1 atom stereocenters. The average Bonchev–Trinajstić information content (AvgIpc) is 2.87. The zero-order chi connectivity index (χ0) is 20.1. The van der Waals surface area contributed by atoms with E-state index in [4.69, 9.17) is 21.1 Å². The second-order valence-corrected chi connectivity index (χ2v) is 6.78. The number of halogens is 3. The molecule has 0 aromatic heterocycles. The van der Waals surface area contributed by atoms with Crippen LogP contribution in [0.3, 0.4) is 0 Å². The molecule has 28 heavy (non-hydrogen) atoms. The van der Waals surface area contributed by atoms with Crippen molar-refractivity contribution in [3.8, 4) is 17.2 Å². The van der Waals surface area contributed by atoms with Crippen molar-refractivity contribution < 1.29 is 27.8 Å². The van der Waals surface area contributed by atoms with Crippen LogP contribution in [0.5, 0.6) is 17.2 Å². The number of amides is 1. The summed E-state index contributed by atoms with van der Waals surface area (Å²) in [6.45, 7) is -0.0875. The molecule has 0 spiro atoms. The van der Waals surface area contributed by atoms with Gasteiger partial charge in [0.1, 0.15) is 5.75 Å². The first-order valence-electron chi connectivity index (χ1n) is 8.84. The molecule has 2 aromatic carbocycles. The molecule has 5 nitrogen and oxygen atoms in total. The Labute approximate surface area is 166 Å². The van der Waals surface area contributed by atoms with Crippen molar-refractivity contribution in [2.24, 2.45) is 0 Å². The van der Waals surface area contributed by atoms with E-state index < -0.39 is 6.61 Å². The number of benzene rings is 2. The molecule has 1 amide bonds. The first-order valence-corrected chi connectivity index (χ1v) is 9.22. The Morgan fingerprint density at radius 3 is 2.82 bits per heavy atom. The Morgan fingerprint density at radius 2 is 2.04 bits per heavy atom. The standard InChI is InChI=1S/C20H20ClF2NO4/c1-12(14-4-2-5-15(11-14)28-20(22)23)24-18(25)10-13-8-16(21)19-17(9-13)26-6-3-7-27-19/h2,4-5,8-9,11-12,20H,3,6-7,10H2,1H3,(H,24,25). The lowest BCUT2D eigenvalue weighted by Crippen LogP contribution is -2.28. The Balaban J connectivity index is 1.65. The minimum Gasteiger partial charge on any atom is -0.489 e. The molecule has 2 aromatic rings. The molecule has 1 aliphatic heterocycles. The number of ether oxygens (including phenoxy) is 3. The van der Waals surface area contributed by atoms with Gasteiger partial charge in [0.25, 0.3) is 0 Å². The highest BCUT2D eigenvalue weighted by molar-refractivity contribution is 6.32. The largest absolute Gasteiger partial charge is 0.489 e. The van der Waals surface area contributed by atoms with Crippen LogP contribution in [0, 0.1) is 0 Å². The van der Waals surface area contributed by atoms with Crippen molar-refractivity contribution in [3.05, 3.63) is 52.5 Å². The first-order chi connectivity index (χ1) is 13.4. The molecule has 0 aliphatic carbocycles. The molecular weight excluding hydrogens is 392 g/mol. The van der Waals surface area contributed by atoms with E-state index in [2.05, 4.69) is 10.1 Å². The summed E-state index contributed by atoms with van der Waals surface area (Å²) >= 11 is 6.25. The highest BCUT2D eigenvalue weighted by Crippen LogP contribution is 2.38. The molecule has 0 radical (unpaired) electrons. The van der Waals surface area contributed by atoms with Crippen LogP contribution in [-0.4, -0.2) is 25.7 Å². The quantitative estimate of drug-likeness (QED) is 0.759. The predicted octanol–water partition coefficient (Wildman–Crippen LogP) is 4.52. The molecule has 8 heteroatoms. The summed E-state index contributed by atoms with van der Waals surface area (Å²) in [5.74, 6) is 0.826. The van der Waals surface area contributed by atoms with E-state index in [1.165, 1.54) is 12.1 Å². The second kappa shape index (κ2) is 9.10. The van der Waals surface area contributed by atoms with Gasteiger partial charge in [0.2, 0.25) is 5.91 Å². The summed E-state index contributed by atoms with van der Waals surface area (Å²) in [6, 6.07) is 9.27. The molecule has 0 bridgehead atoms. The van der Waals surface area contributed by atoms with Gasteiger partial charge in [-0.05, 0) is 42.3 Å². The van der Waals surface area contributed by atoms with E-state index in [9.17, 15) is 13.6 Å². The summed E-state index contributed by atoms with van der Waals surface area (Å²) in [7, 11) is 0. The van der Waals surface area contributed by atoms with Crippen molar-refractivity contribution in [1.82, 2.24) is 5.32 Å². The number of carbonyl (C=O) groups is 1. The number of nitrogens with one attached hydrogen (secondary N) is 1. The van der Waals surface area contributed by atoms with Crippen LogP contribution >= 0.6 is 11.6 Å². The SMILES string of the molecule is CC(NC(=O)Cc1cc(Cl)c2c(c1)OCCCO2)c1cccc(OC(F)F)c1. The van der Waals surface area contributed by atoms with Crippen LogP contribution in [0.25, 0.3) is 0 Å². The van der Waals surface area contributed by atoms with E-state index in [0.717, 1.165) is 6.42 Å². The maximum atomic E-state index is 12.4. The fourth-order valence-electron chi connectivity index (χ4n) is 2.91. The van der Waals surface area contributed by atoms with Crippen molar-refractivity contribution in [1.29, 1.82) is 0 Å². The molecular formula is C20H20ClF2NO4. The van der Waals surface area contributed by atoms with E-state index in [1.54, 1.807) is 31.2 Å². The van der Waals surface area contributed by atoms with Gasteiger partial charge in [0.15, 0.2) is 11.5 Å². The fourth-order valence-corrected chi connectivity index (χ4v) is 3.20. The lowest BCUT2D eigenvalue weighted by Gasteiger charge is -2.16. The molecule has 1 aliphatic rings. The molecule has 1 N–H and O–H groups in total. The summed E-state index contributed by atoms with van der Waals surface area (Å²) in [5, 5.41) is 3.24. The van der Waals surface area contributed by atoms with Gasteiger partial charge in [-0.3, -0.25) is 4.79 Å². The number of hydrogen-bond acceptors (Lipinski definition) is 4. The predicted molar refractivity (Wildman–Crippen MR) is 100 cm³/mol. The van der Waals surface area contributed by atoms with Crippen molar-refractivity contribution >= 4 is 17.5 Å². The van der Waals surface area contributed by atoms with Crippen LogP contribution in [0.1, 0.15) is 30.5 Å². The van der Waals surface area contributed by atoms with Gasteiger partial charge in [0.05, 0.1) is 30.7 Å². The summed E-state index contributed by atoms with van der Waals surface area (Å²) in [6.07, 6.45) is 0.848. The Morgan fingerprint density at radius 1 is 1.25 bits per heavy atom. The number of fused-ring (bicyclic) bond motifs is 1. The minimum absolute atomic E-state index is 0.0447. The number of carbonyl (C=O) groups excluding carboxylic acids is 1. The van der Waals surface area contributed by atoms with Gasteiger partial charge in [0, 0.05) is 6.42 Å². The zero-order valence-electron chi connectivity index (χ0n) is 15.2. The molecule has 150 valence electrons.